The zero-order valence-electron chi connectivity index (χ0n) is 15.4. The van der Waals surface area contributed by atoms with Crippen molar-refractivity contribution in [3.63, 3.8) is 0 Å². The number of benzene rings is 2. The van der Waals surface area contributed by atoms with Crippen molar-refractivity contribution in [2.75, 3.05) is 30.9 Å². The summed E-state index contributed by atoms with van der Waals surface area (Å²) in [4.78, 5) is 14.8. The molecule has 144 valence electrons. The molecule has 0 unspecified atom stereocenters. The molecule has 0 fully saturated rings. The molecule has 0 aliphatic carbocycles. The third-order valence-electron chi connectivity index (χ3n) is 4.73. The second kappa shape index (κ2) is 7.50. The van der Waals surface area contributed by atoms with Crippen LogP contribution in [0.2, 0.25) is 5.02 Å². The van der Waals surface area contributed by atoms with Crippen LogP contribution in [0, 0.1) is 0 Å². The summed E-state index contributed by atoms with van der Waals surface area (Å²) in [6.45, 7) is 2.61. The maximum Gasteiger partial charge on any atom is 0.246 e. The van der Waals surface area contributed by atoms with E-state index >= 15 is 0 Å². The van der Waals surface area contributed by atoms with Gasteiger partial charge in [0.25, 0.3) is 0 Å². The lowest BCUT2D eigenvalue weighted by atomic mass is 10.1. The van der Waals surface area contributed by atoms with Gasteiger partial charge in [-0.25, -0.2) is 12.7 Å². The predicted octanol–water partition coefficient (Wildman–Crippen LogP) is 2.98. The molecule has 1 aliphatic rings. The molecule has 1 aliphatic heterocycles. The van der Waals surface area contributed by atoms with E-state index in [-0.39, 0.29) is 15.8 Å². The lowest BCUT2D eigenvalue weighted by Gasteiger charge is -2.26. The second-order valence-electron chi connectivity index (χ2n) is 6.67. The first kappa shape index (κ1) is 19.7. The Kier molecular flexibility index (Phi) is 5.46. The van der Waals surface area contributed by atoms with Crippen LogP contribution in [-0.4, -0.2) is 45.3 Å². The highest BCUT2D eigenvalue weighted by Crippen LogP contribution is 2.30. The molecule has 1 heterocycles. The molecule has 6 nitrogen and oxygen atoms in total. The summed E-state index contributed by atoms with van der Waals surface area (Å²) in [5.41, 5.74) is 2.68. The van der Waals surface area contributed by atoms with Crippen molar-refractivity contribution in [2.24, 2.45) is 0 Å². The largest absolute Gasteiger partial charge is 0.359 e. The number of halogens is 1. The number of anilines is 2. The number of sulfonamides is 1. The van der Waals surface area contributed by atoms with Crippen LogP contribution < -0.4 is 10.2 Å². The van der Waals surface area contributed by atoms with Crippen molar-refractivity contribution in [1.29, 1.82) is 0 Å². The quantitative estimate of drug-likeness (QED) is 0.827. The fraction of sp³-hybridized carbons (Fsp3) is 0.316. The van der Waals surface area contributed by atoms with Crippen LogP contribution in [0.25, 0.3) is 0 Å². The highest BCUT2D eigenvalue weighted by Gasteiger charge is 2.28. The minimum Gasteiger partial charge on any atom is -0.359 e. The molecule has 2 aromatic carbocycles. The molecule has 0 aromatic heterocycles. The molecule has 27 heavy (non-hydrogen) atoms. The number of fused-ring (bicyclic) bond motifs is 1. The topological polar surface area (TPSA) is 69.7 Å². The van der Waals surface area contributed by atoms with Crippen molar-refractivity contribution >= 4 is 38.9 Å². The van der Waals surface area contributed by atoms with E-state index in [9.17, 15) is 13.2 Å². The Morgan fingerprint density at radius 3 is 2.63 bits per heavy atom. The number of nitrogens with zero attached hydrogens (tertiary/aromatic N) is 2. The first-order valence-electron chi connectivity index (χ1n) is 8.59. The number of carbonyl (C=O) groups is 1. The number of hydrogen-bond acceptors (Lipinski definition) is 4. The van der Waals surface area contributed by atoms with Crippen LogP contribution in [0.1, 0.15) is 12.5 Å². The molecule has 1 N–H and O–H groups in total. The highest BCUT2D eigenvalue weighted by molar-refractivity contribution is 7.89. The summed E-state index contributed by atoms with van der Waals surface area (Å²) in [7, 11) is -0.833. The fourth-order valence-electron chi connectivity index (χ4n) is 3.13. The van der Waals surface area contributed by atoms with Crippen LogP contribution in [0.4, 0.5) is 11.4 Å². The lowest BCUT2D eigenvalue weighted by Crippen LogP contribution is -2.41. The Bertz CT molecular complexity index is 976. The van der Waals surface area contributed by atoms with Gasteiger partial charge >= 0.3 is 0 Å². The molecule has 0 bridgehead atoms. The normalized spacial score (nSPS) is 14.9. The summed E-state index contributed by atoms with van der Waals surface area (Å²) < 4.78 is 25.9. The highest BCUT2D eigenvalue weighted by atomic mass is 35.5. The minimum atomic E-state index is -3.70. The summed E-state index contributed by atoms with van der Waals surface area (Å²) in [6, 6.07) is 12.1. The van der Waals surface area contributed by atoms with E-state index in [2.05, 4.69) is 16.3 Å². The Hall–Kier alpha value is -2.09. The summed E-state index contributed by atoms with van der Waals surface area (Å²) in [5.74, 6) is -0.206. The number of hydrogen-bond donors (Lipinski definition) is 1. The molecule has 1 amide bonds. The van der Waals surface area contributed by atoms with Gasteiger partial charge in [0, 0.05) is 32.0 Å². The molecule has 3 rings (SSSR count). The Balaban J connectivity index is 1.81. The van der Waals surface area contributed by atoms with Crippen molar-refractivity contribution in [3.8, 4) is 0 Å². The van der Waals surface area contributed by atoms with Gasteiger partial charge in [-0.2, -0.15) is 0 Å². The molecule has 0 spiro atoms. The average Bonchev–Trinajstić information content (AvgIpc) is 3.06. The van der Waals surface area contributed by atoms with E-state index in [0.717, 1.165) is 23.0 Å². The van der Waals surface area contributed by atoms with Gasteiger partial charge in [-0.15, -0.1) is 0 Å². The Labute approximate surface area is 164 Å². The van der Waals surface area contributed by atoms with E-state index < -0.39 is 16.1 Å². The molecular formula is C19H22ClN3O3S. The average molecular weight is 408 g/mol. The van der Waals surface area contributed by atoms with Crippen LogP contribution in [0.5, 0.6) is 0 Å². The second-order valence-corrected chi connectivity index (χ2v) is 9.20. The first-order valence-corrected chi connectivity index (χ1v) is 10.4. The molecule has 0 saturated carbocycles. The van der Waals surface area contributed by atoms with Gasteiger partial charge < -0.3 is 10.2 Å². The number of rotatable bonds is 5. The van der Waals surface area contributed by atoms with Crippen molar-refractivity contribution in [1.82, 2.24) is 4.31 Å². The van der Waals surface area contributed by atoms with Crippen LogP contribution in [-0.2, 0) is 21.2 Å². The van der Waals surface area contributed by atoms with Gasteiger partial charge in [-0.1, -0.05) is 29.8 Å². The Morgan fingerprint density at radius 1 is 1.22 bits per heavy atom. The van der Waals surface area contributed by atoms with Crippen LogP contribution in [0.15, 0.2) is 47.4 Å². The third-order valence-corrected chi connectivity index (χ3v) is 7.02. The number of nitrogens with one attached hydrogen (secondary N) is 1. The van der Waals surface area contributed by atoms with Crippen LogP contribution >= 0.6 is 11.6 Å². The van der Waals surface area contributed by atoms with E-state index in [4.69, 9.17) is 11.6 Å². The predicted molar refractivity (Wildman–Crippen MR) is 108 cm³/mol. The van der Waals surface area contributed by atoms with Gasteiger partial charge in [-0.05, 0) is 43.2 Å². The van der Waals surface area contributed by atoms with Crippen molar-refractivity contribution < 1.29 is 13.2 Å². The van der Waals surface area contributed by atoms with Gasteiger partial charge in [0.05, 0.1) is 5.02 Å². The van der Waals surface area contributed by atoms with Crippen molar-refractivity contribution in [2.45, 2.75) is 24.3 Å². The lowest BCUT2D eigenvalue weighted by molar-refractivity contribution is -0.117. The standard InChI is InChI=1S/C19H22ClN3O3S/c1-13(23-11-10-14-6-4-5-7-17(14)23)19(24)21-15-8-9-16(20)18(12-15)27(25,26)22(2)3/h4-9,12-13H,10-11H2,1-3H3,(H,21,24)/t13-/m0/s1. The Morgan fingerprint density at radius 2 is 1.93 bits per heavy atom. The zero-order chi connectivity index (χ0) is 19.8. The maximum atomic E-state index is 12.7. The van der Waals surface area contributed by atoms with Gasteiger partial charge in [0.1, 0.15) is 10.9 Å². The number of carbonyl (C=O) groups excluding carboxylic acids is 1. The number of amides is 1. The molecular weight excluding hydrogens is 386 g/mol. The maximum absolute atomic E-state index is 12.7. The fourth-order valence-corrected chi connectivity index (χ4v) is 4.52. The molecule has 0 radical (unpaired) electrons. The van der Waals surface area contributed by atoms with Gasteiger partial charge in [0.15, 0.2) is 0 Å². The van der Waals surface area contributed by atoms with E-state index in [1.165, 1.54) is 31.8 Å². The number of para-hydroxylation sites is 1. The van der Waals surface area contributed by atoms with Crippen molar-refractivity contribution in [3.05, 3.63) is 53.1 Å². The first-order chi connectivity index (χ1) is 12.7. The smallest absolute Gasteiger partial charge is 0.246 e. The monoisotopic (exact) mass is 407 g/mol. The van der Waals surface area contributed by atoms with E-state index in [1.54, 1.807) is 6.07 Å². The zero-order valence-corrected chi connectivity index (χ0v) is 17.0. The summed E-state index contributed by atoms with van der Waals surface area (Å²) >= 11 is 6.06. The van der Waals surface area contributed by atoms with Crippen LogP contribution in [0.3, 0.4) is 0 Å². The molecule has 2 aromatic rings. The van der Waals surface area contributed by atoms with E-state index in [1.807, 2.05) is 25.1 Å². The molecule has 0 saturated heterocycles. The molecule has 1 atom stereocenters. The third kappa shape index (κ3) is 3.81. The molecule has 8 heteroatoms. The summed E-state index contributed by atoms with van der Waals surface area (Å²) in [5, 5.41) is 2.92. The SMILES string of the molecule is C[C@@H](C(=O)Nc1ccc(Cl)c(S(=O)(=O)N(C)C)c1)N1CCc2ccccc21. The van der Waals surface area contributed by atoms with Gasteiger partial charge in [0.2, 0.25) is 15.9 Å². The minimum absolute atomic E-state index is 0.0360. The van der Waals surface area contributed by atoms with E-state index in [0.29, 0.717) is 5.69 Å². The summed E-state index contributed by atoms with van der Waals surface area (Å²) in [6.07, 6.45) is 0.903. The van der Waals surface area contributed by atoms with Gasteiger partial charge in [-0.3, -0.25) is 4.79 Å².